The molecule has 3 heteroatoms. The van der Waals surface area contributed by atoms with Crippen molar-refractivity contribution in [2.45, 2.75) is 46.1 Å². The zero-order valence-electron chi connectivity index (χ0n) is 11.5. The van der Waals surface area contributed by atoms with Crippen molar-refractivity contribution in [2.75, 3.05) is 6.54 Å². The molecule has 1 N–H and O–H groups in total. The van der Waals surface area contributed by atoms with Crippen LogP contribution in [0.4, 0.5) is 0 Å². The predicted octanol–water partition coefficient (Wildman–Crippen LogP) is 5.58. The quantitative estimate of drug-likeness (QED) is 0.687. The number of hydrogen-bond acceptors (Lipinski definition) is 1. The molecule has 0 spiro atoms. The minimum Gasteiger partial charge on any atom is -0.310 e. The Hall–Kier alpha value is -0.0500. The van der Waals surface area contributed by atoms with Gasteiger partial charge in [-0.05, 0) is 52.5 Å². The predicted molar refractivity (Wildman–Crippen MR) is 84.3 cm³/mol. The van der Waals surface area contributed by atoms with E-state index in [9.17, 15) is 0 Å². The molecule has 0 fully saturated rings. The summed E-state index contributed by atoms with van der Waals surface area (Å²) in [5.41, 5.74) is 1.32. The monoisotopic (exact) mass is 331 g/mol. The first-order valence-corrected chi connectivity index (χ1v) is 7.97. The van der Waals surface area contributed by atoms with Crippen LogP contribution in [0.2, 0.25) is 5.02 Å². The molecular weight excluding hydrogens is 310 g/mol. The summed E-state index contributed by atoms with van der Waals surface area (Å²) in [4.78, 5) is 0. The molecule has 1 aromatic rings. The second kappa shape index (κ2) is 8.19. The van der Waals surface area contributed by atoms with Gasteiger partial charge in [0.15, 0.2) is 0 Å². The van der Waals surface area contributed by atoms with Crippen molar-refractivity contribution in [3.05, 3.63) is 33.3 Å². The van der Waals surface area contributed by atoms with E-state index in [2.05, 4.69) is 54.2 Å². The maximum atomic E-state index is 6.06. The molecule has 0 radical (unpaired) electrons. The highest BCUT2D eigenvalue weighted by molar-refractivity contribution is 9.10. The fraction of sp³-hybridized carbons (Fsp3) is 0.600. The van der Waals surface area contributed by atoms with Crippen LogP contribution in [0.15, 0.2) is 22.7 Å². The smallest absolute Gasteiger partial charge is 0.0548 e. The lowest BCUT2D eigenvalue weighted by atomic mass is 9.91. The zero-order valence-corrected chi connectivity index (χ0v) is 13.8. The van der Waals surface area contributed by atoms with Gasteiger partial charge < -0.3 is 5.32 Å². The Morgan fingerprint density at radius 1 is 1.22 bits per heavy atom. The lowest BCUT2D eigenvalue weighted by molar-refractivity contribution is 0.375. The fourth-order valence-corrected chi connectivity index (χ4v) is 2.78. The highest BCUT2D eigenvalue weighted by Gasteiger charge is 2.16. The average molecular weight is 333 g/mol. The van der Waals surface area contributed by atoms with Gasteiger partial charge in [-0.25, -0.2) is 0 Å². The minimum atomic E-state index is 0.425. The molecule has 1 atom stereocenters. The average Bonchev–Trinajstić information content (AvgIpc) is 2.38. The molecule has 0 aliphatic carbocycles. The van der Waals surface area contributed by atoms with Crippen LogP contribution in [0, 0.1) is 5.92 Å². The molecule has 1 rings (SSSR count). The summed E-state index contributed by atoms with van der Waals surface area (Å²) >= 11 is 9.56. The molecule has 0 bridgehead atoms. The van der Waals surface area contributed by atoms with Crippen molar-refractivity contribution < 1.29 is 0 Å². The highest BCUT2D eigenvalue weighted by Crippen LogP contribution is 2.30. The second-order valence-electron chi connectivity index (χ2n) is 4.70. The van der Waals surface area contributed by atoms with Gasteiger partial charge in [-0.2, -0.15) is 0 Å². The van der Waals surface area contributed by atoms with Crippen LogP contribution in [0.25, 0.3) is 0 Å². The van der Waals surface area contributed by atoms with E-state index in [1.807, 2.05) is 6.07 Å². The van der Waals surface area contributed by atoms with Gasteiger partial charge in [0.1, 0.15) is 0 Å². The summed E-state index contributed by atoms with van der Waals surface area (Å²) in [5, 5.41) is 4.36. The molecule has 0 heterocycles. The molecule has 1 aromatic carbocycles. The van der Waals surface area contributed by atoms with Crippen molar-refractivity contribution in [3.63, 3.8) is 0 Å². The summed E-state index contributed by atoms with van der Waals surface area (Å²) in [6.07, 6.45) is 3.68. The van der Waals surface area contributed by atoms with E-state index in [4.69, 9.17) is 11.6 Å². The molecule has 0 saturated heterocycles. The Bertz CT molecular complexity index is 364. The molecule has 0 amide bonds. The second-order valence-corrected chi connectivity index (χ2v) is 5.96. The van der Waals surface area contributed by atoms with Crippen molar-refractivity contribution in [1.82, 2.24) is 5.32 Å². The van der Waals surface area contributed by atoms with E-state index in [1.54, 1.807) is 0 Å². The van der Waals surface area contributed by atoms with Gasteiger partial charge in [0.2, 0.25) is 0 Å². The van der Waals surface area contributed by atoms with Gasteiger partial charge in [-0.3, -0.25) is 0 Å². The molecule has 1 unspecified atom stereocenters. The molecule has 102 valence electrons. The van der Waals surface area contributed by atoms with Gasteiger partial charge in [0.05, 0.1) is 5.02 Å². The largest absolute Gasteiger partial charge is 0.310 e. The SMILES string of the molecule is CCNC(CC(CC)CC)c1ccc(Cl)c(Br)c1. The zero-order chi connectivity index (χ0) is 13.5. The first-order chi connectivity index (χ1) is 8.62. The first kappa shape index (κ1) is 16.0. The normalized spacial score (nSPS) is 13.0. The van der Waals surface area contributed by atoms with Crippen molar-refractivity contribution in [3.8, 4) is 0 Å². The van der Waals surface area contributed by atoms with E-state index < -0.39 is 0 Å². The Balaban J connectivity index is 2.85. The highest BCUT2D eigenvalue weighted by atomic mass is 79.9. The van der Waals surface area contributed by atoms with Crippen molar-refractivity contribution >= 4 is 27.5 Å². The molecule has 0 aliphatic rings. The number of halogens is 2. The number of nitrogens with one attached hydrogen (secondary N) is 1. The fourth-order valence-electron chi connectivity index (χ4n) is 2.27. The maximum Gasteiger partial charge on any atom is 0.0548 e. The Morgan fingerprint density at radius 3 is 2.39 bits per heavy atom. The van der Waals surface area contributed by atoms with E-state index in [1.165, 1.54) is 24.8 Å². The van der Waals surface area contributed by atoms with Crippen LogP contribution in [0.3, 0.4) is 0 Å². The summed E-state index contributed by atoms with van der Waals surface area (Å²) in [5.74, 6) is 0.781. The third-order valence-corrected chi connectivity index (χ3v) is 4.73. The van der Waals surface area contributed by atoms with Gasteiger partial charge in [-0.1, -0.05) is 51.3 Å². The van der Waals surface area contributed by atoms with Crippen LogP contribution in [0.1, 0.15) is 51.6 Å². The molecule has 1 nitrogen and oxygen atoms in total. The molecule has 0 saturated carbocycles. The van der Waals surface area contributed by atoms with Crippen LogP contribution < -0.4 is 5.32 Å². The lowest BCUT2D eigenvalue weighted by Gasteiger charge is -2.23. The van der Waals surface area contributed by atoms with Crippen molar-refractivity contribution in [1.29, 1.82) is 0 Å². The number of benzene rings is 1. The standard InChI is InChI=1S/C15H23BrClN/c1-4-11(5-2)9-15(18-6-3)12-7-8-14(17)13(16)10-12/h7-8,10-11,15,18H,4-6,9H2,1-3H3. The molecule has 18 heavy (non-hydrogen) atoms. The van der Waals surface area contributed by atoms with E-state index in [0.717, 1.165) is 22.0 Å². The first-order valence-electron chi connectivity index (χ1n) is 6.80. The van der Waals surface area contributed by atoms with Crippen LogP contribution in [-0.2, 0) is 0 Å². The topological polar surface area (TPSA) is 12.0 Å². The Morgan fingerprint density at radius 2 is 1.89 bits per heavy atom. The number of rotatable bonds is 7. The minimum absolute atomic E-state index is 0.425. The summed E-state index contributed by atoms with van der Waals surface area (Å²) in [6.45, 7) is 7.69. The van der Waals surface area contributed by atoms with Crippen molar-refractivity contribution in [2.24, 2.45) is 5.92 Å². The Labute approximate surface area is 124 Å². The van der Waals surface area contributed by atoms with Crippen LogP contribution in [-0.4, -0.2) is 6.54 Å². The molecule has 0 aliphatic heterocycles. The summed E-state index contributed by atoms with van der Waals surface area (Å²) in [7, 11) is 0. The number of hydrogen-bond donors (Lipinski definition) is 1. The van der Waals surface area contributed by atoms with Gasteiger partial charge >= 0.3 is 0 Å². The molecular formula is C15H23BrClN. The summed E-state index contributed by atoms with van der Waals surface area (Å²) < 4.78 is 0.981. The van der Waals surface area contributed by atoms with Gasteiger partial charge in [0.25, 0.3) is 0 Å². The van der Waals surface area contributed by atoms with Gasteiger partial charge in [-0.15, -0.1) is 0 Å². The lowest BCUT2D eigenvalue weighted by Crippen LogP contribution is -2.23. The van der Waals surface area contributed by atoms with Crippen LogP contribution >= 0.6 is 27.5 Å². The van der Waals surface area contributed by atoms with Gasteiger partial charge in [0, 0.05) is 10.5 Å². The summed E-state index contributed by atoms with van der Waals surface area (Å²) in [6, 6.07) is 6.66. The maximum absolute atomic E-state index is 6.06. The molecule has 0 aromatic heterocycles. The van der Waals surface area contributed by atoms with E-state index in [0.29, 0.717) is 6.04 Å². The van der Waals surface area contributed by atoms with Crippen LogP contribution in [0.5, 0.6) is 0 Å². The van der Waals surface area contributed by atoms with E-state index in [-0.39, 0.29) is 0 Å². The third-order valence-electron chi connectivity index (χ3n) is 3.52. The Kier molecular flexibility index (Phi) is 7.28. The van der Waals surface area contributed by atoms with E-state index >= 15 is 0 Å². The third kappa shape index (κ3) is 4.56.